The number of anilines is 1. The van der Waals surface area contributed by atoms with Crippen LogP contribution in [0, 0.1) is 13.8 Å². The highest BCUT2D eigenvalue weighted by Crippen LogP contribution is 2.44. The van der Waals surface area contributed by atoms with Crippen LogP contribution < -0.4 is 5.32 Å². The van der Waals surface area contributed by atoms with E-state index in [4.69, 9.17) is 0 Å². The normalized spacial score (nSPS) is 12.9. The van der Waals surface area contributed by atoms with Crippen LogP contribution in [0.15, 0.2) is 46.7 Å². The van der Waals surface area contributed by atoms with Gasteiger partial charge in [-0.05, 0) is 54.8 Å². The Morgan fingerprint density at radius 3 is 2.42 bits per heavy atom. The summed E-state index contributed by atoms with van der Waals surface area (Å²) < 4.78 is 0. The lowest BCUT2D eigenvalue weighted by Gasteiger charge is -2.09. The summed E-state index contributed by atoms with van der Waals surface area (Å²) in [5.74, 6) is 0.199. The summed E-state index contributed by atoms with van der Waals surface area (Å²) in [6, 6.07) is 10.2. The second-order valence-corrected chi connectivity index (χ2v) is 8.35. The molecular formula is C21H19NO2S2. The third-order valence-electron chi connectivity index (χ3n) is 4.52. The number of allylic oxidation sites excluding steroid dienone is 1. The van der Waals surface area contributed by atoms with Crippen molar-refractivity contribution < 1.29 is 9.90 Å². The fraction of sp³-hybridized carbons (Fsp3) is 0.190. The number of hydrogen-bond donors (Lipinski definition) is 2. The zero-order valence-electron chi connectivity index (χ0n) is 14.6. The van der Waals surface area contributed by atoms with E-state index in [9.17, 15) is 9.90 Å². The van der Waals surface area contributed by atoms with Gasteiger partial charge in [0.25, 0.3) is 5.91 Å². The number of amides is 1. The summed E-state index contributed by atoms with van der Waals surface area (Å²) in [5.41, 5.74) is 5.96. The second kappa shape index (κ2) is 6.74. The summed E-state index contributed by atoms with van der Waals surface area (Å²) in [6.45, 7) is 3.99. The van der Waals surface area contributed by atoms with Gasteiger partial charge in [0.1, 0.15) is 10.8 Å². The molecule has 132 valence electrons. The Kier molecular flexibility index (Phi) is 4.42. The van der Waals surface area contributed by atoms with E-state index in [1.54, 1.807) is 0 Å². The second-order valence-electron chi connectivity index (χ2n) is 6.56. The number of nitrogens with one attached hydrogen (secondary N) is 1. The van der Waals surface area contributed by atoms with Gasteiger partial charge in [0.05, 0.1) is 10.4 Å². The summed E-state index contributed by atoms with van der Waals surface area (Å²) in [7, 11) is 0. The van der Waals surface area contributed by atoms with Crippen LogP contribution in [0.25, 0.3) is 16.9 Å². The number of carbonyl (C=O) groups is 1. The minimum absolute atomic E-state index is 0.121. The Morgan fingerprint density at radius 2 is 1.81 bits per heavy atom. The standard InChI is InChI=1S/C21H19NO2S2/c1-12-3-5-14(6-4-12)16-11-26-21(17(16)18(23)15-7-8-15)22-20(24)19-13(2)9-10-25-19/h3-6,9-11,23H,7-8H2,1-2H3,(H,22,24). The number of aryl methyl sites for hydroxylation is 2. The zero-order valence-corrected chi connectivity index (χ0v) is 16.3. The Labute approximate surface area is 160 Å². The Balaban J connectivity index is 1.76. The molecule has 0 saturated heterocycles. The molecule has 0 atom stereocenters. The monoisotopic (exact) mass is 381 g/mol. The van der Waals surface area contributed by atoms with Crippen molar-refractivity contribution in [2.24, 2.45) is 0 Å². The topological polar surface area (TPSA) is 49.3 Å². The molecule has 2 N–H and O–H groups in total. The van der Waals surface area contributed by atoms with E-state index in [1.165, 1.54) is 28.2 Å². The molecule has 1 saturated carbocycles. The molecule has 1 aromatic carbocycles. The van der Waals surface area contributed by atoms with Crippen LogP contribution in [0.4, 0.5) is 5.00 Å². The molecule has 4 rings (SSSR count). The van der Waals surface area contributed by atoms with Gasteiger partial charge in [-0.15, -0.1) is 22.7 Å². The van der Waals surface area contributed by atoms with Crippen molar-refractivity contribution in [3.05, 3.63) is 68.2 Å². The first-order valence-corrected chi connectivity index (χ1v) is 10.3. The lowest BCUT2D eigenvalue weighted by atomic mass is 10.0. The van der Waals surface area contributed by atoms with Crippen molar-refractivity contribution in [3.63, 3.8) is 0 Å². The fourth-order valence-electron chi connectivity index (χ4n) is 2.87. The first kappa shape index (κ1) is 17.1. The molecule has 1 amide bonds. The number of hydrogen-bond acceptors (Lipinski definition) is 4. The van der Waals surface area contributed by atoms with Crippen LogP contribution in [-0.4, -0.2) is 11.0 Å². The molecule has 0 radical (unpaired) electrons. The SMILES string of the molecule is Cc1ccc(-c2csc(NC(=O)c3sccc3C)c2C(O)=C2CC2)cc1. The third-order valence-corrected chi connectivity index (χ3v) is 6.43. The van der Waals surface area contributed by atoms with Crippen molar-refractivity contribution in [2.75, 3.05) is 5.32 Å². The highest BCUT2D eigenvalue weighted by atomic mass is 32.1. The minimum Gasteiger partial charge on any atom is -0.507 e. The minimum atomic E-state index is -0.121. The maximum atomic E-state index is 12.7. The molecule has 2 aromatic heterocycles. The third kappa shape index (κ3) is 3.20. The van der Waals surface area contributed by atoms with Crippen LogP contribution in [0.5, 0.6) is 0 Å². The quantitative estimate of drug-likeness (QED) is 0.513. The molecule has 3 aromatic rings. The molecule has 0 bridgehead atoms. The molecule has 1 aliphatic rings. The van der Waals surface area contributed by atoms with Crippen molar-refractivity contribution in [1.82, 2.24) is 0 Å². The van der Waals surface area contributed by atoms with Crippen LogP contribution in [0.2, 0.25) is 0 Å². The maximum Gasteiger partial charge on any atom is 0.266 e. The van der Waals surface area contributed by atoms with E-state index >= 15 is 0 Å². The zero-order chi connectivity index (χ0) is 18.3. The van der Waals surface area contributed by atoms with Gasteiger partial charge in [-0.3, -0.25) is 4.79 Å². The van der Waals surface area contributed by atoms with E-state index in [-0.39, 0.29) is 5.91 Å². The first-order valence-electron chi connectivity index (χ1n) is 8.50. The molecular weight excluding hydrogens is 362 g/mol. The van der Waals surface area contributed by atoms with Crippen LogP contribution in [0.3, 0.4) is 0 Å². The largest absolute Gasteiger partial charge is 0.507 e. The van der Waals surface area contributed by atoms with Crippen molar-refractivity contribution in [2.45, 2.75) is 26.7 Å². The summed E-state index contributed by atoms with van der Waals surface area (Å²) in [5, 5.41) is 18.4. The predicted molar refractivity (Wildman–Crippen MR) is 110 cm³/mol. The average Bonchev–Trinajstić information content (AvgIpc) is 3.27. The molecule has 0 aliphatic heterocycles. The highest BCUT2D eigenvalue weighted by Gasteiger charge is 2.26. The number of aliphatic hydroxyl groups excluding tert-OH is 1. The summed E-state index contributed by atoms with van der Waals surface area (Å²) in [6.07, 6.45) is 1.85. The number of rotatable bonds is 4. The van der Waals surface area contributed by atoms with Gasteiger partial charge in [-0.1, -0.05) is 29.8 Å². The predicted octanol–water partition coefficient (Wildman–Crippen LogP) is 6.41. The van der Waals surface area contributed by atoms with Crippen LogP contribution in [-0.2, 0) is 0 Å². The van der Waals surface area contributed by atoms with Gasteiger partial charge in [-0.2, -0.15) is 0 Å². The summed E-state index contributed by atoms with van der Waals surface area (Å²) in [4.78, 5) is 13.4. The smallest absolute Gasteiger partial charge is 0.266 e. The van der Waals surface area contributed by atoms with E-state index in [2.05, 4.69) is 36.5 Å². The van der Waals surface area contributed by atoms with Gasteiger partial charge in [0.2, 0.25) is 0 Å². The maximum absolute atomic E-state index is 12.7. The molecule has 3 nitrogen and oxygen atoms in total. The molecule has 2 heterocycles. The van der Waals surface area contributed by atoms with Crippen molar-refractivity contribution in [1.29, 1.82) is 0 Å². The molecule has 5 heteroatoms. The lowest BCUT2D eigenvalue weighted by Crippen LogP contribution is -2.11. The Bertz CT molecular complexity index is 1000. The molecule has 0 unspecified atom stereocenters. The highest BCUT2D eigenvalue weighted by molar-refractivity contribution is 7.15. The van der Waals surface area contributed by atoms with Crippen LogP contribution >= 0.6 is 22.7 Å². The van der Waals surface area contributed by atoms with Gasteiger partial charge >= 0.3 is 0 Å². The van der Waals surface area contributed by atoms with E-state index in [0.29, 0.717) is 15.6 Å². The van der Waals surface area contributed by atoms with E-state index < -0.39 is 0 Å². The Morgan fingerprint density at radius 1 is 1.08 bits per heavy atom. The van der Waals surface area contributed by atoms with Crippen molar-refractivity contribution in [3.8, 4) is 11.1 Å². The number of benzene rings is 1. The van der Waals surface area contributed by atoms with Gasteiger partial charge in [0.15, 0.2) is 0 Å². The van der Waals surface area contributed by atoms with Crippen molar-refractivity contribution >= 4 is 39.3 Å². The lowest BCUT2D eigenvalue weighted by molar-refractivity contribution is 0.103. The van der Waals surface area contributed by atoms with Gasteiger partial charge in [0, 0.05) is 10.9 Å². The Hall–Kier alpha value is -2.37. The molecule has 1 fully saturated rings. The van der Waals surface area contributed by atoms with E-state index in [0.717, 1.165) is 40.7 Å². The van der Waals surface area contributed by atoms with Gasteiger partial charge in [-0.25, -0.2) is 0 Å². The van der Waals surface area contributed by atoms with Gasteiger partial charge < -0.3 is 10.4 Å². The molecule has 1 aliphatic carbocycles. The number of aliphatic hydroxyl groups is 1. The number of thiophene rings is 2. The fourth-order valence-corrected chi connectivity index (χ4v) is 4.66. The molecule has 26 heavy (non-hydrogen) atoms. The summed E-state index contributed by atoms with van der Waals surface area (Å²) >= 11 is 2.89. The van der Waals surface area contributed by atoms with Crippen LogP contribution in [0.1, 0.15) is 39.2 Å². The number of carbonyl (C=O) groups excluding carboxylic acids is 1. The van der Waals surface area contributed by atoms with E-state index in [1.807, 2.05) is 23.8 Å². The first-order chi connectivity index (χ1) is 12.5. The average molecular weight is 382 g/mol. The molecule has 0 spiro atoms.